The summed E-state index contributed by atoms with van der Waals surface area (Å²) in [5.74, 6) is 0. The minimum atomic E-state index is -4.38. The molecule has 0 radical (unpaired) electrons. The van der Waals surface area contributed by atoms with Gasteiger partial charge in [0.2, 0.25) is 0 Å². The lowest BCUT2D eigenvalue weighted by Gasteiger charge is -2.35. The maximum Gasteiger partial charge on any atom is 0.416 e. The van der Waals surface area contributed by atoms with E-state index in [9.17, 15) is 13.2 Å². The number of rotatable bonds is 4. The summed E-state index contributed by atoms with van der Waals surface area (Å²) in [6.45, 7) is 1.66. The molecule has 4 rings (SSSR count). The van der Waals surface area contributed by atoms with Crippen LogP contribution in [-0.2, 0) is 6.18 Å². The van der Waals surface area contributed by atoms with Crippen molar-refractivity contribution in [3.63, 3.8) is 0 Å². The van der Waals surface area contributed by atoms with Crippen molar-refractivity contribution in [2.75, 3.05) is 51.1 Å². The lowest BCUT2D eigenvalue weighted by Crippen LogP contribution is -2.45. The molecule has 0 bridgehead atoms. The summed E-state index contributed by atoms with van der Waals surface area (Å²) in [7, 11) is 0. The van der Waals surface area contributed by atoms with Crippen LogP contribution in [0.25, 0.3) is 0 Å². The van der Waals surface area contributed by atoms with Gasteiger partial charge in [0.15, 0.2) is 0 Å². The molecule has 166 valence electrons. The zero-order chi connectivity index (χ0) is 22.2. The lowest BCUT2D eigenvalue weighted by molar-refractivity contribution is -0.137. The highest BCUT2D eigenvalue weighted by atomic mass is 35.5. The second-order valence-corrected chi connectivity index (χ2v) is 8.17. The van der Waals surface area contributed by atoms with E-state index in [0.29, 0.717) is 38.4 Å². The zero-order valence-corrected chi connectivity index (χ0v) is 18.6. The SMILES string of the molecule is Cl.Cl.[2H][13C]([2H])([2H])N1CCN(CCCN2c3ccccc3Sc3ccc(C(F)(F)F)cc32)CC1. The number of halogens is 5. The molecule has 0 N–H and O–H groups in total. The average Bonchev–Trinajstić information content (AvgIpc) is 2.72. The van der Waals surface area contributed by atoms with Crippen LogP contribution >= 0.6 is 36.6 Å². The molecular formula is C21H26Cl2F3N3S. The molecule has 2 aromatic carbocycles. The lowest BCUT2D eigenvalue weighted by atomic mass is 10.1. The molecule has 0 aromatic heterocycles. The van der Waals surface area contributed by atoms with Gasteiger partial charge in [-0.05, 0) is 50.3 Å². The van der Waals surface area contributed by atoms with Gasteiger partial charge in [-0.2, -0.15) is 13.2 Å². The van der Waals surface area contributed by atoms with Crippen molar-refractivity contribution in [3.05, 3.63) is 48.0 Å². The van der Waals surface area contributed by atoms with E-state index in [0.717, 1.165) is 34.5 Å². The van der Waals surface area contributed by atoms with Crippen molar-refractivity contribution in [2.24, 2.45) is 0 Å². The second kappa shape index (κ2) is 10.5. The first-order chi connectivity index (χ1) is 14.6. The summed E-state index contributed by atoms with van der Waals surface area (Å²) in [5.41, 5.74) is 0.870. The third-order valence-electron chi connectivity index (χ3n) is 5.18. The predicted molar refractivity (Wildman–Crippen MR) is 122 cm³/mol. The highest BCUT2D eigenvalue weighted by Crippen LogP contribution is 2.49. The third-order valence-corrected chi connectivity index (χ3v) is 6.31. The normalized spacial score (nSPS) is 18.8. The number of nitrogens with zero attached hydrogens (tertiary/aromatic N) is 3. The fourth-order valence-electron chi connectivity index (χ4n) is 3.67. The highest BCUT2D eigenvalue weighted by molar-refractivity contribution is 7.99. The Morgan fingerprint density at radius 2 is 1.63 bits per heavy atom. The Morgan fingerprint density at radius 3 is 2.33 bits per heavy atom. The van der Waals surface area contributed by atoms with Crippen LogP contribution in [0.2, 0.25) is 0 Å². The molecule has 3 nitrogen and oxygen atoms in total. The minimum absolute atomic E-state index is 0. The van der Waals surface area contributed by atoms with Gasteiger partial charge >= 0.3 is 6.18 Å². The standard InChI is InChI=1S/C21H24F3N3S.2ClH/c1-25-11-13-26(14-12-25)9-4-10-27-17-5-2-3-6-19(17)28-20-8-7-16(15-18(20)27)21(22,23)24;;/h2-3,5-8,15H,4,9-14H2,1H3;2*1H/i1+1D3;;. The van der Waals surface area contributed by atoms with Crippen molar-refractivity contribution < 1.29 is 17.3 Å². The minimum Gasteiger partial charge on any atom is -0.340 e. The van der Waals surface area contributed by atoms with Gasteiger partial charge < -0.3 is 14.7 Å². The van der Waals surface area contributed by atoms with Crippen LogP contribution in [0, 0.1) is 0 Å². The summed E-state index contributed by atoms with van der Waals surface area (Å²) in [4.78, 5) is 7.56. The van der Waals surface area contributed by atoms with Crippen LogP contribution in [0.3, 0.4) is 0 Å². The van der Waals surface area contributed by atoms with Crippen molar-refractivity contribution >= 4 is 48.0 Å². The van der Waals surface area contributed by atoms with E-state index in [-0.39, 0.29) is 24.8 Å². The molecular weight excluding hydrogens is 455 g/mol. The Morgan fingerprint density at radius 1 is 0.933 bits per heavy atom. The van der Waals surface area contributed by atoms with E-state index >= 15 is 0 Å². The molecule has 1 saturated heterocycles. The number of alkyl halides is 3. The topological polar surface area (TPSA) is 9.72 Å². The second-order valence-electron chi connectivity index (χ2n) is 7.08. The van der Waals surface area contributed by atoms with E-state index in [4.69, 9.17) is 4.11 Å². The van der Waals surface area contributed by atoms with Gasteiger partial charge in [-0.1, -0.05) is 23.9 Å². The summed E-state index contributed by atoms with van der Waals surface area (Å²) < 4.78 is 62.5. The third kappa shape index (κ3) is 5.56. The highest BCUT2D eigenvalue weighted by Gasteiger charge is 2.33. The molecule has 0 atom stereocenters. The van der Waals surface area contributed by atoms with Crippen LogP contribution in [-0.4, -0.2) is 56.0 Å². The fraction of sp³-hybridized carbons (Fsp3) is 0.429. The predicted octanol–water partition coefficient (Wildman–Crippen LogP) is 5.79. The van der Waals surface area contributed by atoms with E-state index < -0.39 is 18.7 Å². The molecule has 0 unspecified atom stereocenters. The van der Waals surface area contributed by atoms with Gasteiger partial charge in [0, 0.05) is 46.6 Å². The van der Waals surface area contributed by atoms with Crippen molar-refractivity contribution in [3.8, 4) is 0 Å². The number of piperazine rings is 1. The molecule has 2 heterocycles. The first-order valence-corrected chi connectivity index (χ1v) is 10.2. The smallest absolute Gasteiger partial charge is 0.340 e. The first kappa shape index (κ1) is 20.8. The Labute approximate surface area is 196 Å². The molecule has 2 aliphatic heterocycles. The number of likely N-dealkylation sites (N-methyl/N-ethyl adjacent to an activating group) is 1. The summed E-state index contributed by atoms with van der Waals surface area (Å²) in [6.07, 6.45) is -3.62. The Balaban J connectivity index is 0.00000193. The molecule has 0 spiro atoms. The summed E-state index contributed by atoms with van der Waals surface area (Å²) in [5, 5.41) is 0. The molecule has 0 amide bonds. The Bertz CT molecular complexity index is 939. The first-order valence-electron chi connectivity index (χ1n) is 10.9. The number of para-hydroxylation sites is 1. The van der Waals surface area contributed by atoms with Crippen molar-refractivity contribution in [1.82, 2.24) is 9.80 Å². The monoisotopic (exact) mass is 483 g/mol. The Hall–Kier alpha value is -1.12. The largest absolute Gasteiger partial charge is 0.416 e. The van der Waals surface area contributed by atoms with Crippen LogP contribution < -0.4 is 4.90 Å². The molecule has 30 heavy (non-hydrogen) atoms. The molecule has 2 aliphatic rings. The molecule has 0 saturated carbocycles. The number of hydrogen-bond acceptors (Lipinski definition) is 4. The number of benzene rings is 2. The van der Waals surface area contributed by atoms with Crippen LogP contribution in [0.4, 0.5) is 24.5 Å². The quantitative estimate of drug-likeness (QED) is 0.508. The van der Waals surface area contributed by atoms with E-state index in [1.807, 2.05) is 29.2 Å². The molecule has 2 aromatic rings. The number of anilines is 2. The molecule has 1 fully saturated rings. The van der Waals surface area contributed by atoms with E-state index in [2.05, 4.69) is 4.90 Å². The zero-order valence-electron chi connectivity index (χ0n) is 19.2. The number of hydrogen-bond donors (Lipinski definition) is 0. The van der Waals surface area contributed by atoms with Crippen LogP contribution in [0.1, 0.15) is 16.1 Å². The maximum atomic E-state index is 13.3. The van der Waals surface area contributed by atoms with E-state index in [1.54, 1.807) is 6.07 Å². The average molecular weight is 484 g/mol. The van der Waals surface area contributed by atoms with Gasteiger partial charge in [-0.3, -0.25) is 0 Å². The van der Waals surface area contributed by atoms with Gasteiger partial charge in [0.05, 0.1) is 16.9 Å². The van der Waals surface area contributed by atoms with Gasteiger partial charge in [0.1, 0.15) is 0 Å². The van der Waals surface area contributed by atoms with Crippen LogP contribution in [0.15, 0.2) is 52.3 Å². The van der Waals surface area contributed by atoms with Gasteiger partial charge in [0.25, 0.3) is 0 Å². The molecule has 9 heteroatoms. The van der Waals surface area contributed by atoms with Crippen molar-refractivity contribution in [2.45, 2.75) is 22.4 Å². The fourth-order valence-corrected chi connectivity index (χ4v) is 4.75. The summed E-state index contributed by atoms with van der Waals surface area (Å²) in [6, 6.07) is 11.7. The number of fused-ring (bicyclic) bond motifs is 2. The van der Waals surface area contributed by atoms with E-state index in [1.165, 1.54) is 22.7 Å². The summed E-state index contributed by atoms with van der Waals surface area (Å²) >= 11 is 1.49. The molecule has 0 aliphatic carbocycles. The van der Waals surface area contributed by atoms with Gasteiger partial charge in [-0.25, -0.2) is 0 Å². The van der Waals surface area contributed by atoms with Gasteiger partial charge in [-0.15, -0.1) is 24.8 Å². The van der Waals surface area contributed by atoms with Crippen molar-refractivity contribution in [1.29, 1.82) is 0 Å². The maximum absolute atomic E-state index is 13.3. The Kier molecular flexibility index (Phi) is 7.24. The van der Waals surface area contributed by atoms with Crippen LogP contribution in [0.5, 0.6) is 0 Å².